The Morgan fingerprint density at radius 2 is 2.35 bits per heavy atom. The van der Waals surface area contributed by atoms with Gasteiger partial charge in [0.25, 0.3) is 0 Å². The van der Waals surface area contributed by atoms with Crippen molar-refractivity contribution in [3.05, 3.63) is 24.3 Å². The first-order chi connectivity index (χ1) is 8.12. The van der Waals surface area contributed by atoms with E-state index in [4.69, 9.17) is 0 Å². The normalized spacial score (nSPS) is 28.5. The molecule has 0 aromatic carbocycles. The third-order valence-electron chi connectivity index (χ3n) is 2.93. The summed E-state index contributed by atoms with van der Waals surface area (Å²) in [6.45, 7) is 4.33. The van der Waals surface area contributed by atoms with Gasteiger partial charge < -0.3 is 10.4 Å². The molecule has 0 bridgehead atoms. The molecule has 1 fully saturated rings. The zero-order chi connectivity index (χ0) is 12.7. The summed E-state index contributed by atoms with van der Waals surface area (Å²) < 4.78 is 0. The number of allylic oxidation sites excluding steroid dienone is 3. The summed E-state index contributed by atoms with van der Waals surface area (Å²) in [6, 6.07) is 0. The van der Waals surface area contributed by atoms with Crippen molar-refractivity contribution in [2.45, 2.75) is 37.5 Å². The highest BCUT2D eigenvalue weighted by Crippen LogP contribution is 2.40. The predicted octanol–water partition coefficient (Wildman–Crippen LogP) is 1.88. The monoisotopic (exact) mass is 255 g/mol. The molecule has 0 aromatic rings. The smallest absolute Gasteiger partial charge is 0.244 e. The van der Waals surface area contributed by atoms with E-state index < -0.39 is 5.60 Å². The van der Waals surface area contributed by atoms with Crippen LogP contribution in [0.25, 0.3) is 0 Å². The second-order valence-electron chi connectivity index (χ2n) is 4.19. The van der Waals surface area contributed by atoms with Crippen molar-refractivity contribution in [3.63, 3.8) is 0 Å². The number of amides is 1. The molecule has 2 N–H and O–H groups in total. The molecule has 4 heteroatoms. The van der Waals surface area contributed by atoms with Gasteiger partial charge in [-0.2, -0.15) is 11.8 Å². The summed E-state index contributed by atoms with van der Waals surface area (Å²) in [5, 5.41) is 13.3. The molecule has 0 unspecified atom stereocenters. The van der Waals surface area contributed by atoms with Gasteiger partial charge in [0.15, 0.2) is 0 Å². The Labute approximate surface area is 107 Å². The lowest BCUT2D eigenvalue weighted by Gasteiger charge is -2.44. The third kappa shape index (κ3) is 4.21. The highest BCUT2D eigenvalue weighted by molar-refractivity contribution is 8.00. The van der Waals surface area contributed by atoms with Crippen LogP contribution in [-0.4, -0.2) is 34.2 Å². The SMILES string of the molecule is C/C=C/C=C/C(=O)NC[C@@]1(O)CC[C@H]1SCC. The molecule has 1 aliphatic carbocycles. The molecule has 1 amide bonds. The van der Waals surface area contributed by atoms with Crippen LogP contribution >= 0.6 is 11.8 Å². The Morgan fingerprint density at radius 3 is 2.88 bits per heavy atom. The maximum absolute atomic E-state index is 11.4. The van der Waals surface area contributed by atoms with Crippen molar-refractivity contribution in [1.82, 2.24) is 5.32 Å². The molecular weight excluding hydrogens is 234 g/mol. The lowest BCUT2D eigenvalue weighted by Crippen LogP contribution is -2.56. The maximum Gasteiger partial charge on any atom is 0.244 e. The highest BCUT2D eigenvalue weighted by Gasteiger charge is 2.45. The van der Waals surface area contributed by atoms with E-state index >= 15 is 0 Å². The van der Waals surface area contributed by atoms with Crippen molar-refractivity contribution in [2.24, 2.45) is 0 Å². The van der Waals surface area contributed by atoms with Crippen molar-refractivity contribution in [2.75, 3.05) is 12.3 Å². The molecule has 0 radical (unpaired) electrons. The quantitative estimate of drug-likeness (QED) is 0.563. The lowest BCUT2D eigenvalue weighted by molar-refractivity contribution is -0.118. The van der Waals surface area contributed by atoms with Crippen LogP contribution in [0.5, 0.6) is 0 Å². The van der Waals surface area contributed by atoms with E-state index in [0.717, 1.165) is 18.6 Å². The number of hydrogen-bond acceptors (Lipinski definition) is 3. The number of hydrogen-bond donors (Lipinski definition) is 2. The molecule has 96 valence electrons. The second kappa shape index (κ2) is 6.87. The fourth-order valence-corrected chi connectivity index (χ4v) is 2.99. The van der Waals surface area contributed by atoms with Gasteiger partial charge in [0.1, 0.15) is 0 Å². The van der Waals surface area contributed by atoms with Crippen LogP contribution in [-0.2, 0) is 4.79 Å². The molecule has 0 aliphatic heterocycles. The van der Waals surface area contributed by atoms with Crippen LogP contribution in [0, 0.1) is 0 Å². The minimum absolute atomic E-state index is 0.149. The first kappa shape index (κ1) is 14.3. The topological polar surface area (TPSA) is 49.3 Å². The Kier molecular flexibility index (Phi) is 5.78. The number of rotatable bonds is 6. The molecular formula is C13H21NO2S. The van der Waals surface area contributed by atoms with Gasteiger partial charge in [0.2, 0.25) is 5.91 Å². The number of nitrogens with one attached hydrogen (secondary N) is 1. The molecule has 1 rings (SSSR count). The zero-order valence-corrected chi connectivity index (χ0v) is 11.3. The summed E-state index contributed by atoms with van der Waals surface area (Å²) in [7, 11) is 0. The maximum atomic E-state index is 11.4. The molecule has 17 heavy (non-hydrogen) atoms. The fraction of sp³-hybridized carbons (Fsp3) is 0.615. The van der Waals surface area contributed by atoms with Crippen LogP contribution < -0.4 is 5.32 Å². The molecule has 2 atom stereocenters. The van der Waals surface area contributed by atoms with Gasteiger partial charge in [-0.3, -0.25) is 4.79 Å². The van der Waals surface area contributed by atoms with Crippen LogP contribution in [0.4, 0.5) is 0 Å². The minimum Gasteiger partial charge on any atom is -0.387 e. The molecule has 1 aliphatic rings. The van der Waals surface area contributed by atoms with Crippen molar-refractivity contribution in [1.29, 1.82) is 0 Å². The van der Waals surface area contributed by atoms with Crippen molar-refractivity contribution < 1.29 is 9.90 Å². The number of aliphatic hydroxyl groups is 1. The van der Waals surface area contributed by atoms with E-state index in [1.807, 2.05) is 13.0 Å². The Hall–Kier alpha value is -0.740. The van der Waals surface area contributed by atoms with Gasteiger partial charge in [0, 0.05) is 17.9 Å². The molecule has 1 saturated carbocycles. The lowest BCUT2D eigenvalue weighted by atomic mass is 9.79. The van der Waals surface area contributed by atoms with Crippen molar-refractivity contribution in [3.8, 4) is 0 Å². The molecule has 0 saturated heterocycles. The van der Waals surface area contributed by atoms with Gasteiger partial charge in [-0.15, -0.1) is 0 Å². The Morgan fingerprint density at radius 1 is 1.59 bits per heavy atom. The zero-order valence-electron chi connectivity index (χ0n) is 10.5. The summed E-state index contributed by atoms with van der Waals surface area (Å²) in [6.07, 6.45) is 8.65. The Balaban J connectivity index is 2.32. The largest absolute Gasteiger partial charge is 0.387 e. The molecule has 0 aromatic heterocycles. The van der Waals surface area contributed by atoms with E-state index in [2.05, 4.69) is 12.2 Å². The van der Waals surface area contributed by atoms with Crippen molar-refractivity contribution >= 4 is 17.7 Å². The molecule has 0 heterocycles. The van der Waals surface area contributed by atoms with Crippen LogP contribution in [0.3, 0.4) is 0 Å². The number of carbonyl (C=O) groups excluding carboxylic acids is 1. The first-order valence-electron chi connectivity index (χ1n) is 6.03. The van der Waals surface area contributed by atoms with Gasteiger partial charge in [0.05, 0.1) is 5.60 Å². The average molecular weight is 255 g/mol. The average Bonchev–Trinajstić information content (AvgIpc) is 2.32. The van der Waals surface area contributed by atoms with Gasteiger partial charge in [-0.25, -0.2) is 0 Å². The van der Waals surface area contributed by atoms with E-state index in [0.29, 0.717) is 6.54 Å². The summed E-state index contributed by atoms with van der Waals surface area (Å²) in [5.74, 6) is 0.853. The van der Waals surface area contributed by atoms with Crippen LogP contribution in [0.1, 0.15) is 26.7 Å². The second-order valence-corrected chi connectivity index (χ2v) is 5.67. The minimum atomic E-state index is -0.704. The molecule has 0 spiro atoms. The van der Waals surface area contributed by atoms with E-state index in [-0.39, 0.29) is 11.2 Å². The third-order valence-corrected chi connectivity index (χ3v) is 4.34. The van der Waals surface area contributed by atoms with Gasteiger partial charge >= 0.3 is 0 Å². The fourth-order valence-electron chi connectivity index (χ4n) is 1.79. The number of carbonyl (C=O) groups is 1. The summed E-state index contributed by atoms with van der Waals surface area (Å²) >= 11 is 1.77. The van der Waals surface area contributed by atoms with E-state index in [1.165, 1.54) is 6.08 Å². The first-order valence-corrected chi connectivity index (χ1v) is 7.08. The molecule has 3 nitrogen and oxygen atoms in total. The van der Waals surface area contributed by atoms with E-state index in [9.17, 15) is 9.90 Å². The number of thioether (sulfide) groups is 1. The van der Waals surface area contributed by atoms with Gasteiger partial charge in [-0.05, 0) is 25.5 Å². The van der Waals surface area contributed by atoms with Crippen LogP contribution in [0.2, 0.25) is 0 Å². The standard InChI is InChI=1S/C13H21NO2S/c1-3-5-6-7-12(15)14-10-13(16)9-8-11(13)17-4-2/h3,5-7,11,16H,4,8-10H2,1-2H3,(H,14,15)/b5-3+,7-6+/t11-,13+/m1/s1. The Bertz CT molecular complexity index is 315. The van der Waals surface area contributed by atoms with E-state index in [1.54, 1.807) is 23.9 Å². The van der Waals surface area contributed by atoms with Crippen LogP contribution in [0.15, 0.2) is 24.3 Å². The van der Waals surface area contributed by atoms with Gasteiger partial charge in [-0.1, -0.05) is 25.2 Å². The highest BCUT2D eigenvalue weighted by atomic mass is 32.2. The summed E-state index contributed by atoms with van der Waals surface area (Å²) in [5.41, 5.74) is -0.704. The predicted molar refractivity (Wildman–Crippen MR) is 73.1 cm³/mol. The summed E-state index contributed by atoms with van der Waals surface area (Å²) in [4.78, 5) is 11.4.